The van der Waals surface area contributed by atoms with Gasteiger partial charge in [0.15, 0.2) is 0 Å². The third kappa shape index (κ3) is 3.14. The van der Waals surface area contributed by atoms with Crippen LogP contribution in [-0.2, 0) is 9.53 Å². The molecule has 1 aliphatic heterocycles. The molecule has 1 saturated heterocycles. The largest absolute Gasteiger partial charge is 0.377 e. The Balaban J connectivity index is 2.41. The summed E-state index contributed by atoms with van der Waals surface area (Å²) in [7, 11) is 0. The van der Waals surface area contributed by atoms with Gasteiger partial charge in [0.05, 0.1) is 19.3 Å². The minimum Gasteiger partial charge on any atom is -0.377 e. The van der Waals surface area contributed by atoms with Crippen molar-refractivity contribution in [1.29, 1.82) is 0 Å². The summed E-state index contributed by atoms with van der Waals surface area (Å²) < 4.78 is 5.34. The molecule has 0 aromatic heterocycles. The van der Waals surface area contributed by atoms with E-state index in [1.165, 1.54) is 0 Å². The Morgan fingerprint density at radius 1 is 1.64 bits per heavy atom. The van der Waals surface area contributed by atoms with Gasteiger partial charge in [0.25, 0.3) is 0 Å². The summed E-state index contributed by atoms with van der Waals surface area (Å²) in [5.74, 6) is 0.785. The third-order valence-corrected chi connectivity index (χ3v) is 2.81. The summed E-state index contributed by atoms with van der Waals surface area (Å²) in [6.45, 7) is 4.17. The Labute approximate surface area is 90.4 Å². The van der Waals surface area contributed by atoms with Crippen molar-refractivity contribution >= 4 is 17.5 Å². The van der Waals surface area contributed by atoms with Crippen LogP contribution in [0.4, 0.5) is 0 Å². The number of rotatable bonds is 4. The summed E-state index contributed by atoms with van der Waals surface area (Å²) in [6.07, 6.45) is 2.31. The zero-order chi connectivity index (χ0) is 10.4. The molecular weight excluding hydrogens is 202 g/mol. The second-order valence-electron chi connectivity index (χ2n) is 3.52. The molecule has 3 nitrogen and oxygen atoms in total. The Hall–Kier alpha value is -0.280. The highest BCUT2D eigenvalue weighted by atomic mass is 35.5. The van der Waals surface area contributed by atoms with Crippen molar-refractivity contribution in [3.8, 4) is 0 Å². The predicted octanol–water partition coefficient (Wildman–Crippen LogP) is 1.64. The van der Waals surface area contributed by atoms with Gasteiger partial charge in [-0.25, -0.2) is 0 Å². The Bertz CT molecular complexity index is 187. The molecule has 0 aliphatic carbocycles. The molecular formula is C10H18ClNO2. The quantitative estimate of drug-likeness (QED) is 0.673. The molecule has 1 heterocycles. The molecule has 0 saturated carbocycles. The fraction of sp³-hybridized carbons (Fsp3) is 0.900. The summed E-state index contributed by atoms with van der Waals surface area (Å²) >= 11 is 5.56. The van der Waals surface area contributed by atoms with Crippen molar-refractivity contribution in [2.45, 2.75) is 32.2 Å². The number of hydrogen-bond donors (Lipinski definition) is 0. The number of amides is 1. The maximum atomic E-state index is 11.7. The lowest BCUT2D eigenvalue weighted by Gasteiger charge is -2.35. The number of carbonyl (C=O) groups is 1. The highest BCUT2D eigenvalue weighted by Gasteiger charge is 2.24. The highest BCUT2D eigenvalue weighted by Crippen LogP contribution is 2.12. The number of morpholine rings is 1. The maximum absolute atomic E-state index is 11.7. The molecule has 14 heavy (non-hydrogen) atoms. The van der Waals surface area contributed by atoms with Gasteiger partial charge in [-0.2, -0.15) is 0 Å². The number of ether oxygens (including phenoxy) is 1. The van der Waals surface area contributed by atoms with Crippen molar-refractivity contribution in [2.24, 2.45) is 0 Å². The Kier molecular flexibility index (Phi) is 5.26. The van der Waals surface area contributed by atoms with E-state index in [4.69, 9.17) is 16.3 Å². The van der Waals surface area contributed by atoms with Crippen molar-refractivity contribution in [2.75, 3.05) is 25.6 Å². The molecule has 0 aromatic carbocycles. The predicted molar refractivity (Wildman–Crippen MR) is 56.6 cm³/mol. The average molecular weight is 220 g/mol. The topological polar surface area (TPSA) is 29.5 Å². The first-order chi connectivity index (χ1) is 6.79. The van der Waals surface area contributed by atoms with Gasteiger partial charge in [0, 0.05) is 18.8 Å². The van der Waals surface area contributed by atoms with Crippen LogP contribution >= 0.6 is 11.6 Å². The molecule has 0 N–H and O–H groups in total. The highest BCUT2D eigenvalue weighted by molar-refractivity contribution is 6.17. The molecule has 1 amide bonds. The summed E-state index contributed by atoms with van der Waals surface area (Å²) in [6, 6.07) is 0.270. The van der Waals surface area contributed by atoms with Crippen LogP contribution in [0.5, 0.6) is 0 Å². The van der Waals surface area contributed by atoms with Gasteiger partial charge in [-0.15, -0.1) is 11.6 Å². The van der Waals surface area contributed by atoms with E-state index in [1.807, 2.05) is 4.90 Å². The van der Waals surface area contributed by atoms with E-state index < -0.39 is 0 Å². The lowest BCUT2D eigenvalue weighted by atomic mass is 10.1. The van der Waals surface area contributed by atoms with E-state index in [2.05, 4.69) is 6.92 Å². The smallest absolute Gasteiger partial charge is 0.223 e. The fourth-order valence-corrected chi connectivity index (χ4v) is 1.82. The molecule has 0 bridgehead atoms. The van der Waals surface area contributed by atoms with Crippen LogP contribution in [0.25, 0.3) is 0 Å². The van der Waals surface area contributed by atoms with Crippen LogP contribution in [0.15, 0.2) is 0 Å². The molecule has 4 heteroatoms. The van der Waals surface area contributed by atoms with E-state index >= 15 is 0 Å². The molecule has 1 fully saturated rings. The van der Waals surface area contributed by atoms with Crippen molar-refractivity contribution in [3.05, 3.63) is 0 Å². The number of halogens is 1. The zero-order valence-corrected chi connectivity index (χ0v) is 9.42. The molecule has 0 radical (unpaired) electrons. The summed E-state index contributed by atoms with van der Waals surface area (Å²) in [5, 5.41) is 0. The summed E-state index contributed by atoms with van der Waals surface area (Å²) in [4.78, 5) is 13.7. The van der Waals surface area contributed by atoms with Crippen LogP contribution in [0.2, 0.25) is 0 Å². The number of alkyl halides is 1. The monoisotopic (exact) mass is 219 g/mol. The SMILES string of the molecule is CCC1COCCN1C(=O)CCCCl. The van der Waals surface area contributed by atoms with Crippen LogP contribution in [0.1, 0.15) is 26.2 Å². The van der Waals surface area contributed by atoms with Gasteiger partial charge < -0.3 is 9.64 Å². The maximum Gasteiger partial charge on any atom is 0.223 e. The molecule has 1 atom stereocenters. The standard InChI is InChI=1S/C10H18ClNO2/c1-2-9-8-14-7-6-12(9)10(13)4-3-5-11/h9H,2-8H2,1H3. The van der Waals surface area contributed by atoms with E-state index in [0.717, 1.165) is 19.4 Å². The second-order valence-corrected chi connectivity index (χ2v) is 3.89. The fourth-order valence-electron chi connectivity index (χ4n) is 1.68. The van der Waals surface area contributed by atoms with E-state index in [-0.39, 0.29) is 11.9 Å². The second kappa shape index (κ2) is 6.25. The minimum atomic E-state index is 0.223. The van der Waals surface area contributed by atoms with Crippen molar-refractivity contribution < 1.29 is 9.53 Å². The van der Waals surface area contributed by atoms with Crippen molar-refractivity contribution in [3.63, 3.8) is 0 Å². The zero-order valence-electron chi connectivity index (χ0n) is 8.67. The first kappa shape index (κ1) is 11.8. The van der Waals surface area contributed by atoms with E-state index in [9.17, 15) is 4.79 Å². The first-order valence-electron chi connectivity index (χ1n) is 5.22. The molecule has 1 rings (SSSR count). The van der Waals surface area contributed by atoms with Crippen LogP contribution in [0, 0.1) is 0 Å². The summed E-state index contributed by atoms with van der Waals surface area (Å²) in [5.41, 5.74) is 0. The van der Waals surface area contributed by atoms with Gasteiger partial charge in [-0.3, -0.25) is 4.79 Å². The normalized spacial score (nSPS) is 22.4. The van der Waals surface area contributed by atoms with Crippen LogP contribution in [-0.4, -0.2) is 42.5 Å². The van der Waals surface area contributed by atoms with Gasteiger partial charge in [0.1, 0.15) is 0 Å². The molecule has 0 spiro atoms. The number of hydrogen-bond acceptors (Lipinski definition) is 2. The third-order valence-electron chi connectivity index (χ3n) is 2.54. The first-order valence-corrected chi connectivity index (χ1v) is 5.76. The van der Waals surface area contributed by atoms with Crippen LogP contribution < -0.4 is 0 Å². The van der Waals surface area contributed by atoms with Crippen molar-refractivity contribution in [1.82, 2.24) is 4.90 Å². The number of carbonyl (C=O) groups excluding carboxylic acids is 1. The van der Waals surface area contributed by atoms with Gasteiger partial charge in [-0.05, 0) is 12.8 Å². The average Bonchev–Trinajstić information content (AvgIpc) is 2.25. The molecule has 1 aliphatic rings. The van der Waals surface area contributed by atoms with E-state index in [1.54, 1.807) is 0 Å². The van der Waals surface area contributed by atoms with Gasteiger partial charge in [-0.1, -0.05) is 6.92 Å². The molecule has 82 valence electrons. The number of nitrogens with zero attached hydrogens (tertiary/aromatic N) is 1. The minimum absolute atomic E-state index is 0.223. The lowest BCUT2D eigenvalue weighted by molar-refractivity contribution is -0.140. The van der Waals surface area contributed by atoms with Gasteiger partial charge in [0.2, 0.25) is 5.91 Å². The molecule has 0 aromatic rings. The lowest BCUT2D eigenvalue weighted by Crippen LogP contribution is -2.48. The Morgan fingerprint density at radius 3 is 3.07 bits per heavy atom. The Morgan fingerprint density at radius 2 is 2.43 bits per heavy atom. The van der Waals surface area contributed by atoms with E-state index in [0.29, 0.717) is 25.5 Å². The van der Waals surface area contributed by atoms with Gasteiger partial charge >= 0.3 is 0 Å². The van der Waals surface area contributed by atoms with Crippen LogP contribution in [0.3, 0.4) is 0 Å². The molecule has 1 unspecified atom stereocenters.